The van der Waals surface area contributed by atoms with Gasteiger partial charge in [-0.15, -0.1) is 0 Å². The minimum atomic E-state index is -0.0480. The van der Waals surface area contributed by atoms with Crippen molar-refractivity contribution in [2.75, 3.05) is 19.7 Å². The fraction of sp³-hybridized carbons (Fsp3) is 0.571. The average molecular weight is 250 g/mol. The minimum Gasteiger partial charge on any atom is -0.492 e. The van der Waals surface area contributed by atoms with E-state index >= 15 is 0 Å². The highest BCUT2D eigenvalue weighted by molar-refractivity contribution is 5.97. The Labute approximate surface area is 109 Å². The molecule has 1 aromatic rings. The van der Waals surface area contributed by atoms with Crippen LogP contribution >= 0.6 is 0 Å². The SMILES string of the molecule is CCCOc1cncc(C(=O)C(C)CNCC)c1. The lowest BCUT2D eigenvalue weighted by molar-refractivity contribution is 0.0928. The molecule has 0 aliphatic rings. The molecule has 18 heavy (non-hydrogen) atoms. The first-order chi connectivity index (χ1) is 8.69. The van der Waals surface area contributed by atoms with E-state index in [9.17, 15) is 4.79 Å². The Hall–Kier alpha value is -1.42. The smallest absolute Gasteiger partial charge is 0.168 e. The molecule has 1 atom stereocenters. The maximum atomic E-state index is 12.1. The van der Waals surface area contributed by atoms with Crippen molar-refractivity contribution in [3.05, 3.63) is 24.0 Å². The Morgan fingerprint density at radius 1 is 1.44 bits per heavy atom. The Morgan fingerprint density at radius 3 is 2.89 bits per heavy atom. The van der Waals surface area contributed by atoms with Crippen molar-refractivity contribution in [3.63, 3.8) is 0 Å². The lowest BCUT2D eigenvalue weighted by atomic mass is 10.0. The number of nitrogens with zero attached hydrogens (tertiary/aromatic N) is 1. The predicted octanol–water partition coefficient (Wildman–Crippen LogP) is 2.30. The third-order valence-electron chi connectivity index (χ3n) is 2.62. The second kappa shape index (κ2) is 7.82. The molecular formula is C14H22N2O2. The monoisotopic (exact) mass is 250 g/mol. The van der Waals surface area contributed by atoms with Crippen LogP contribution in [0, 0.1) is 5.92 Å². The molecule has 100 valence electrons. The lowest BCUT2D eigenvalue weighted by Crippen LogP contribution is -2.26. The Bertz CT molecular complexity index is 380. The standard InChI is InChI=1S/C14H22N2O2/c1-4-6-18-13-7-12(9-16-10-13)14(17)11(3)8-15-5-2/h7,9-11,15H,4-6,8H2,1-3H3. The van der Waals surface area contributed by atoms with Gasteiger partial charge < -0.3 is 10.1 Å². The molecule has 0 fully saturated rings. The summed E-state index contributed by atoms with van der Waals surface area (Å²) < 4.78 is 5.48. The van der Waals surface area contributed by atoms with Crippen LogP contribution in [0.25, 0.3) is 0 Å². The first-order valence-corrected chi connectivity index (χ1v) is 6.51. The van der Waals surface area contributed by atoms with Gasteiger partial charge in [0.25, 0.3) is 0 Å². The highest BCUT2D eigenvalue weighted by Crippen LogP contribution is 2.14. The van der Waals surface area contributed by atoms with Crippen molar-refractivity contribution in [1.29, 1.82) is 0 Å². The van der Waals surface area contributed by atoms with Crippen LogP contribution in [0.4, 0.5) is 0 Å². The Morgan fingerprint density at radius 2 is 2.22 bits per heavy atom. The molecule has 4 heteroatoms. The second-order valence-corrected chi connectivity index (χ2v) is 4.33. The zero-order valence-electron chi connectivity index (χ0n) is 11.4. The first kappa shape index (κ1) is 14.6. The Kier molecular flexibility index (Phi) is 6.36. The predicted molar refractivity (Wildman–Crippen MR) is 72.1 cm³/mol. The summed E-state index contributed by atoms with van der Waals surface area (Å²) in [6.07, 6.45) is 4.18. The van der Waals surface area contributed by atoms with E-state index in [-0.39, 0.29) is 11.7 Å². The minimum absolute atomic E-state index is 0.0480. The summed E-state index contributed by atoms with van der Waals surface area (Å²) >= 11 is 0. The summed E-state index contributed by atoms with van der Waals surface area (Å²) in [5, 5.41) is 3.18. The number of Topliss-reactive ketones (excluding diaryl/α,β-unsaturated/α-hetero) is 1. The average Bonchev–Trinajstić information content (AvgIpc) is 2.42. The van der Waals surface area contributed by atoms with Crippen LogP contribution in [0.15, 0.2) is 18.5 Å². The number of aromatic nitrogens is 1. The summed E-state index contributed by atoms with van der Waals surface area (Å²) in [7, 11) is 0. The van der Waals surface area contributed by atoms with Crippen molar-refractivity contribution >= 4 is 5.78 Å². The summed E-state index contributed by atoms with van der Waals surface area (Å²) in [6, 6.07) is 1.77. The summed E-state index contributed by atoms with van der Waals surface area (Å²) in [5.41, 5.74) is 0.619. The van der Waals surface area contributed by atoms with Crippen LogP contribution in [0.2, 0.25) is 0 Å². The molecule has 0 saturated carbocycles. The molecule has 1 unspecified atom stereocenters. The molecule has 1 rings (SSSR count). The summed E-state index contributed by atoms with van der Waals surface area (Å²) in [4.78, 5) is 16.2. The van der Waals surface area contributed by atoms with Crippen LogP contribution < -0.4 is 10.1 Å². The number of carbonyl (C=O) groups excluding carboxylic acids is 1. The molecule has 0 spiro atoms. The van der Waals surface area contributed by atoms with Crippen molar-refractivity contribution in [3.8, 4) is 5.75 Å². The highest BCUT2D eigenvalue weighted by atomic mass is 16.5. The fourth-order valence-corrected chi connectivity index (χ4v) is 1.59. The van der Waals surface area contributed by atoms with E-state index in [2.05, 4.69) is 10.3 Å². The van der Waals surface area contributed by atoms with E-state index in [0.717, 1.165) is 13.0 Å². The normalized spacial score (nSPS) is 12.2. The van der Waals surface area contributed by atoms with Gasteiger partial charge in [0.05, 0.1) is 12.8 Å². The van der Waals surface area contributed by atoms with Gasteiger partial charge in [0.1, 0.15) is 5.75 Å². The third-order valence-corrected chi connectivity index (χ3v) is 2.62. The molecule has 1 aromatic heterocycles. The van der Waals surface area contributed by atoms with Gasteiger partial charge in [-0.25, -0.2) is 0 Å². The second-order valence-electron chi connectivity index (χ2n) is 4.33. The van der Waals surface area contributed by atoms with E-state index in [1.807, 2.05) is 20.8 Å². The molecular weight excluding hydrogens is 228 g/mol. The van der Waals surface area contributed by atoms with Gasteiger partial charge >= 0.3 is 0 Å². The largest absolute Gasteiger partial charge is 0.492 e. The van der Waals surface area contributed by atoms with Crippen LogP contribution in [0.3, 0.4) is 0 Å². The van der Waals surface area contributed by atoms with E-state index in [1.54, 1.807) is 18.5 Å². The van der Waals surface area contributed by atoms with Gasteiger partial charge in [-0.1, -0.05) is 20.8 Å². The Balaban J connectivity index is 2.67. The number of rotatable bonds is 8. The maximum Gasteiger partial charge on any atom is 0.168 e. The lowest BCUT2D eigenvalue weighted by Gasteiger charge is -2.11. The number of nitrogens with one attached hydrogen (secondary N) is 1. The summed E-state index contributed by atoms with van der Waals surface area (Å²) in [6.45, 7) is 8.20. The van der Waals surface area contributed by atoms with Gasteiger partial charge in [0.2, 0.25) is 0 Å². The van der Waals surface area contributed by atoms with Crippen LogP contribution in [0.1, 0.15) is 37.6 Å². The molecule has 1 N–H and O–H groups in total. The van der Waals surface area contributed by atoms with Crippen LogP contribution in [-0.2, 0) is 0 Å². The van der Waals surface area contributed by atoms with Gasteiger partial charge in [0.15, 0.2) is 5.78 Å². The van der Waals surface area contributed by atoms with E-state index in [0.29, 0.717) is 24.5 Å². The molecule has 0 radical (unpaired) electrons. The topological polar surface area (TPSA) is 51.2 Å². The number of hydrogen-bond acceptors (Lipinski definition) is 4. The first-order valence-electron chi connectivity index (χ1n) is 6.51. The molecule has 0 saturated heterocycles. The van der Waals surface area contributed by atoms with Crippen LogP contribution in [-0.4, -0.2) is 30.5 Å². The number of ether oxygens (including phenoxy) is 1. The van der Waals surface area contributed by atoms with Crippen molar-refractivity contribution in [1.82, 2.24) is 10.3 Å². The van der Waals surface area contributed by atoms with Crippen molar-refractivity contribution < 1.29 is 9.53 Å². The van der Waals surface area contributed by atoms with Gasteiger partial charge in [-0.05, 0) is 19.0 Å². The quantitative estimate of drug-likeness (QED) is 0.719. The number of hydrogen-bond donors (Lipinski definition) is 1. The van der Waals surface area contributed by atoms with E-state index in [4.69, 9.17) is 4.74 Å². The molecule has 0 amide bonds. The molecule has 0 bridgehead atoms. The van der Waals surface area contributed by atoms with Gasteiger partial charge in [0, 0.05) is 24.2 Å². The molecule has 0 aromatic carbocycles. The van der Waals surface area contributed by atoms with Gasteiger partial charge in [-0.2, -0.15) is 0 Å². The van der Waals surface area contributed by atoms with Crippen molar-refractivity contribution in [2.45, 2.75) is 27.2 Å². The van der Waals surface area contributed by atoms with Crippen molar-refractivity contribution in [2.24, 2.45) is 5.92 Å². The molecule has 1 heterocycles. The van der Waals surface area contributed by atoms with Gasteiger partial charge in [-0.3, -0.25) is 9.78 Å². The number of ketones is 1. The zero-order chi connectivity index (χ0) is 13.4. The molecule has 0 aliphatic carbocycles. The van der Waals surface area contributed by atoms with Crippen LogP contribution in [0.5, 0.6) is 5.75 Å². The third kappa shape index (κ3) is 4.45. The highest BCUT2D eigenvalue weighted by Gasteiger charge is 2.15. The number of pyridine rings is 1. The summed E-state index contributed by atoms with van der Waals surface area (Å²) in [5.74, 6) is 0.719. The molecule has 4 nitrogen and oxygen atoms in total. The van der Waals surface area contributed by atoms with E-state index < -0.39 is 0 Å². The molecule has 0 aliphatic heterocycles. The maximum absolute atomic E-state index is 12.1. The number of carbonyl (C=O) groups is 1. The fourth-order valence-electron chi connectivity index (χ4n) is 1.59. The van der Waals surface area contributed by atoms with E-state index in [1.165, 1.54) is 0 Å². The zero-order valence-corrected chi connectivity index (χ0v) is 11.4.